The van der Waals surface area contributed by atoms with E-state index in [1.807, 2.05) is 4.68 Å². The number of aromatic nitrogens is 2. The Hall–Kier alpha value is -0.870. The highest BCUT2D eigenvalue weighted by Gasteiger charge is 2.22. The Kier molecular flexibility index (Phi) is 4.78. The molecule has 4 heteroatoms. The van der Waals surface area contributed by atoms with Crippen LogP contribution in [0.25, 0.3) is 0 Å². The van der Waals surface area contributed by atoms with Gasteiger partial charge in [-0.2, -0.15) is 5.10 Å². The summed E-state index contributed by atoms with van der Waals surface area (Å²) >= 11 is 0. The van der Waals surface area contributed by atoms with Gasteiger partial charge in [0.2, 0.25) is 0 Å². The summed E-state index contributed by atoms with van der Waals surface area (Å²) in [6.45, 7) is 5.78. The van der Waals surface area contributed by atoms with Crippen molar-refractivity contribution >= 4 is 0 Å². The van der Waals surface area contributed by atoms with Crippen LogP contribution < -0.4 is 5.73 Å². The number of hydrogen-bond acceptors (Lipinski definition) is 3. The maximum absolute atomic E-state index is 6.10. The Bertz CT molecular complexity index is 375. The van der Waals surface area contributed by atoms with Crippen LogP contribution >= 0.6 is 0 Å². The Balaban J connectivity index is 1.94. The van der Waals surface area contributed by atoms with Gasteiger partial charge in [-0.3, -0.25) is 4.68 Å². The van der Waals surface area contributed by atoms with Crippen LogP contribution in [0, 0.1) is 0 Å². The second-order valence-corrected chi connectivity index (χ2v) is 5.09. The predicted octanol–water partition coefficient (Wildman–Crippen LogP) is 2.25. The molecule has 102 valence electrons. The second-order valence-electron chi connectivity index (χ2n) is 5.09. The maximum Gasteiger partial charge on any atom is 0.0889 e. The summed E-state index contributed by atoms with van der Waals surface area (Å²) in [5.74, 6) is 0. The lowest BCUT2D eigenvalue weighted by atomic mass is 9.93. The molecule has 0 spiro atoms. The number of aryl methyl sites for hydroxylation is 2. The predicted molar refractivity (Wildman–Crippen MR) is 72.3 cm³/mol. The van der Waals surface area contributed by atoms with E-state index in [1.165, 1.54) is 18.5 Å². The Morgan fingerprint density at radius 1 is 1.39 bits per heavy atom. The summed E-state index contributed by atoms with van der Waals surface area (Å²) < 4.78 is 8.03. The number of nitrogens with zero attached hydrogens (tertiary/aromatic N) is 2. The van der Waals surface area contributed by atoms with Gasteiger partial charge in [0.05, 0.1) is 24.1 Å². The lowest BCUT2D eigenvalue weighted by Crippen LogP contribution is -2.39. The Morgan fingerprint density at radius 3 is 2.83 bits per heavy atom. The van der Waals surface area contributed by atoms with Gasteiger partial charge in [-0.25, -0.2) is 0 Å². The molecular weight excluding hydrogens is 226 g/mol. The molecule has 0 aromatic carbocycles. The zero-order valence-corrected chi connectivity index (χ0v) is 11.6. The Labute approximate surface area is 110 Å². The molecule has 0 aliphatic heterocycles. The highest BCUT2D eigenvalue weighted by atomic mass is 16.5. The molecule has 1 fully saturated rings. The molecule has 1 aliphatic rings. The zero-order valence-electron chi connectivity index (χ0n) is 11.6. The van der Waals surface area contributed by atoms with Crippen LogP contribution in [0.2, 0.25) is 0 Å². The summed E-state index contributed by atoms with van der Waals surface area (Å²) in [7, 11) is 0. The fraction of sp³-hybridized carbons (Fsp3) is 0.786. The van der Waals surface area contributed by atoms with E-state index in [1.54, 1.807) is 0 Å². The normalized spacial score (nSPS) is 24.4. The van der Waals surface area contributed by atoms with E-state index in [9.17, 15) is 0 Å². The average molecular weight is 251 g/mol. The highest BCUT2D eigenvalue weighted by Crippen LogP contribution is 2.21. The molecule has 18 heavy (non-hydrogen) atoms. The van der Waals surface area contributed by atoms with E-state index in [4.69, 9.17) is 10.5 Å². The van der Waals surface area contributed by atoms with E-state index >= 15 is 0 Å². The summed E-state index contributed by atoms with van der Waals surface area (Å²) in [5, 5.41) is 4.54. The van der Waals surface area contributed by atoms with Gasteiger partial charge in [0.25, 0.3) is 0 Å². The molecular formula is C14H25N3O. The molecule has 2 atom stereocenters. The molecule has 0 bridgehead atoms. The van der Waals surface area contributed by atoms with Crippen LogP contribution in [-0.2, 0) is 24.3 Å². The third-order valence-corrected chi connectivity index (χ3v) is 3.77. The summed E-state index contributed by atoms with van der Waals surface area (Å²) in [4.78, 5) is 0. The Morgan fingerprint density at radius 2 is 2.17 bits per heavy atom. The smallest absolute Gasteiger partial charge is 0.0889 e. The van der Waals surface area contributed by atoms with Crippen LogP contribution in [0.15, 0.2) is 6.07 Å². The first-order chi connectivity index (χ1) is 8.74. The SMILES string of the molecule is CCc1cc(COC2CCCCC2N)n(CC)n1. The number of hydrogen-bond donors (Lipinski definition) is 1. The van der Waals surface area contributed by atoms with Crippen LogP contribution in [0.5, 0.6) is 0 Å². The first kappa shape index (κ1) is 13.6. The summed E-state index contributed by atoms with van der Waals surface area (Å²) in [6.07, 6.45) is 5.88. The van der Waals surface area contributed by atoms with Gasteiger partial charge in [-0.05, 0) is 32.3 Å². The van der Waals surface area contributed by atoms with Gasteiger partial charge in [0.1, 0.15) is 0 Å². The molecule has 2 unspecified atom stereocenters. The maximum atomic E-state index is 6.10. The fourth-order valence-corrected chi connectivity index (χ4v) is 2.60. The van der Waals surface area contributed by atoms with Crippen molar-refractivity contribution in [1.29, 1.82) is 0 Å². The molecule has 1 saturated carbocycles. The lowest BCUT2D eigenvalue weighted by molar-refractivity contribution is 0.00105. The first-order valence-electron chi connectivity index (χ1n) is 7.17. The molecule has 0 radical (unpaired) electrons. The van der Waals surface area contributed by atoms with E-state index in [0.717, 1.165) is 31.5 Å². The van der Waals surface area contributed by atoms with Gasteiger partial charge in [0.15, 0.2) is 0 Å². The van der Waals surface area contributed by atoms with Crippen LogP contribution in [0.3, 0.4) is 0 Å². The average Bonchev–Trinajstić information content (AvgIpc) is 2.80. The fourth-order valence-electron chi connectivity index (χ4n) is 2.60. The van der Waals surface area contributed by atoms with E-state index < -0.39 is 0 Å². The van der Waals surface area contributed by atoms with Crippen LogP contribution in [0.1, 0.15) is 50.9 Å². The number of ether oxygens (including phenoxy) is 1. The molecule has 1 heterocycles. The number of nitrogens with two attached hydrogens (primary N) is 1. The van der Waals surface area contributed by atoms with Crippen molar-refractivity contribution in [3.8, 4) is 0 Å². The third kappa shape index (κ3) is 3.12. The summed E-state index contributed by atoms with van der Waals surface area (Å²) in [5.41, 5.74) is 8.41. The minimum absolute atomic E-state index is 0.211. The largest absolute Gasteiger partial charge is 0.370 e. The van der Waals surface area contributed by atoms with Crippen molar-refractivity contribution < 1.29 is 4.74 Å². The van der Waals surface area contributed by atoms with E-state index in [0.29, 0.717) is 6.61 Å². The third-order valence-electron chi connectivity index (χ3n) is 3.77. The van der Waals surface area contributed by atoms with Gasteiger partial charge in [0, 0.05) is 12.6 Å². The van der Waals surface area contributed by atoms with Crippen molar-refractivity contribution in [2.45, 2.75) is 71.2 Å². The van der Waals surface area contributed by atoms with Crippen LogP contribution in [0.4, 0.5) is 0 Å². The molecule has 2 N–H and O–H groups in total. The minimum Gasteiger partial charge on any atom is -0.370 e. The molecule has 1 aliphatic carbocycles. The lowest BCUT2D eigenvalue weighted by Gasteiger charge is -2.28. The van der Waals surface area contributed by atoms with Crippen molar-refractivity contribution in [2.75, 3.05) is 0 Å². The molecule has 0 amide bonds. The van der Waals surface area contributed by atoms with Crippen molar-refractivity contribution in [2.24, 2.45) is 5.73 Å². The first-order valence-corrected chi connectivity index (χ1v) is 7.17. The molecule has 2 rings (SSSR count). The molecule has 1 aromatic heterocycles. The monoisotopic (exact) mass is 251 g/mol. The standard InChI is InChI=1S/C14H25N3O/c1-3-11-9-12(17(4-2)16-11)10-18-14-8-6-5-7-13(14)15/h9,13-14H,3-8,10,15H2,1-2H3. The second kappa shape index (κ2) is 6.34. The quantitative estimate of drug-likeness (QED) is 0.873. The topological polar surface area (TPSA) is 53.1 Å². The molecule has 4 nitrogen and oxygen atoms in total. The van der Waals surface area contributed by atoms with E-state index in [-0.39, 0.29) is 12.1 Å². The number of rotatable bonds is 5. The zero-order chi connectivity index (χ0) is 13.0. The summed E-state index contributed by atoms with van der Waals surface area (Å²) in [6, 6.07) is 2.36. The van der Waals surface area contributed by atoms with Gasteiger partial charge >= 0.3 is 0 Å². The van der Waals surface area contributed by atoms with Gasteiger partial charge in [-0.15, -0.1) is 0 Å². The van der Waals surface area contributed by atoms with E-state index in [2.05, 4.69) is 25.0 Å². The molecule has 1 aromatic rings. The molecule has 0 saturated heterocycles. The van der Waals surface area contributed by atoms with Crippen LogP contribution in [-0.4, -0.2) is 21.9 Å². The van der Waals surface area contributed by atoms with Gasteiger partial charge in [-0.1, -0.05) is 19.8 Å². The van der Waals surface area contributed by atoms with Crippen molar-refractivity contribution in [3.63, 3.8) is 0 Å². The minimum atomic E-state index is 0.211. The van der Waals surface area contributed by atoms with Crippen molar-refractivity contribution in [3.05, 3.63) is 17.5 Å². The highest BCUT2D eigenvalue weighted by molar-refractivity contribution is 5.09. The van der Waals surface area contributed by atoms with Gasteiger partial charge < -0.3 is 10.5 Å². The van der Waals surface area contributed by atoms with Crippen molar-refractivity contribution in [1.82, 2.24) is 9.78 Å².